The van der Waals surface area contributed by atoms with Gasteiger partial charge in [0.15, 0.2) is 0 Å². The first kappa shape index (κ1) is 13.8. The van der Waals surface area contributed by atoms with Gasteiger partial charge in [-0.3, -0.25) is 0 Å². The second-order valence-electron chi connectivity index (χ2n) is 3.82. The summed E-state index contributed by atoms with van der Waals surface area (Å²) in [6, 6.07) is 12.4. The van der Waals surface area contributed by atoms with Gasteiger partial charge >= 0.3 is 29.6 Å². The molecule has 0 N–H and O–H groups in total. The first-order valence-corrected chi connectivity index (χ1v) is 6.10. The Balaban J connectivity index is 0.000000902. The predicted molar refractivity (Wildman–Crippen MR) is 74.6 cm³/mol. The van der Waals surface area contributed by atoms with E-state index in [0.29, 0.717) is 5.88 Å². The number of pyridine rings is 1. The molecule has 0 radical (unpaired) electrons. The van der Waals surface area contributed by atoms with Crippen LogP contribution in [0.5, 0.6) is 5.88 Å². The van der Waals surface area contributed by atoms with E-state index in [0.717, 1.165) is 20.6 Å². The largest absolute Gasteiger partial charge is 1.00 e. The standard InChI is InChI=1S/C14H10BrNO.Na.H/c1-17-14-13-10-5-3-2-4-9(10)8-12(15)11(13)6-7-16-14;;/h2-8H,1H3;;/q;+1;-1. The first-order chi connectivity index (χ1) is 8.31. The average molecular weight is 312 g/mol. The van der Waals surface area contributed by atoms with Crippen molar-refractivity contribution in [2.45, 2.75) is 0 Å². The summed E-state index contributed by atoms with van der Waals surface area (Å²) in [5, 5.41) is 4.52. The number of benzene rings is 2. The number of hydrogen-bond donors (Lipinski definition) is 0. The fraction of sp³-hybridized carbons (Fsp3) is 0.0714. The van der Waals surface area contributed by atoms with Gasteiger partial charge in [0, 0.05) is 16.1 Å². The summed E-state index contributed by atoms with van der Waals surface area (Å²) >= 11 is 3.60. The van der Waals surface area contributed by atoms with Crippen molar-refractivity contribution in [2.24, 2.45) is 0 Å². The van der Waals surface area contributed by atoms with Crippen molar-refractivity contribution in [3.63, 3.8) is 0 Å². The molecule has 0 amide bonds. The Kier molecular flexibility index (Phi) is 4.28. The second-order valence-corrected chi connectivity index (χ2v) is 4.68. The number of ether oxygens (including phenoxy) is 1. The average Bonchev–Trinajstić information content (AvgIpc) is 2.38. The Morgan fingerprint density at radius 1 is 1.17 bits per heavy atom. The summed E-state index contributed by atoms with van der Waals surface area (Å²) in [6.45, 7) is 0. The Morgan fingerprint density at radius 2 is 1.94 bits per heavy atom. The van der Waals surface area contributed by atoms with Crippen molar-refractivity contribution >= 4 is 37.5 Å². The fourth-order valence-corrected chi connectivity index (χ4v) is 2.70. The fourth-order valence-electron chi connectivity index (χ4n) is 2.12. The molecule has 1 heterocycles. The summed E-state index contributed by atoms with van der Waals surface area (Å²) < 4.78 is 6.42. The predicted octanol–water partition coefficient (Wildman–Crippen LogP) is 1.28. The minimum Gasteiger partial charge on any atom is -1.00 e. The molecule has 0 aliphatic rings. The van der Waals surface area contributed by atoms with Gasteiger partial charge < -0.3 is 6.16 Å². The zero-order valence-electron chi connectivity index (χ0n) is 11.3. The molecule has 0 saturated carbocycles. The third-order valence-corrected chi connectivity index (χ3v) is 3.54. The first-order valence-electron chi connectivity index (χ1n) is 5.31. The quantitative estimate of drug-likeness (QED) is 0.499. The molecular weight excluding hydrogens is 301 g/mol. The topological polar surface area (TPSA) is 22.1 Å². The van der Waals surface area contributed by atoms with Crippen LogP contribution in [0.1, 0.15) is 1.43 Å². The van der Waals surface area contributed by atoms with Crippen LogP contribution in [0, 0.1) is 0 Å². The smallest absolute Gasteiger partial charge is 1.00 e. The number of fused-ring (bicyclic) bond motifs is 3. The molecule has 0 atom stereocenters. The zero-order chi connectivity index (χ0) is 11.8. The molecule has 0 unspecified atom stereocenters. The summed E-state index contributed by atoms with van der Waals surface area (Å²) in [5.74, 6) is 0.667. The van der Waals surface area contributed by atoms with Crippen LogP contribution in [0.15, 0.2) is 47.1 Å². The molecular formula is C14H11BrNNaO. The third kappa shape index (κ3) is 2.16. The minimum absolute atomic E-state index is 0. The van der Waals surface area contributed by atoms with E-state index < -0.39 is 0 Å². The van der Waals surface area contributed by atoms with Crippen LogP contribution in [-0.2, 0) is 0 Å². The Hall–Kier alpha value is -0.610. The van der Waals surface area contributed by atoms with Crippen molar-refractivity contribution in [1.82, 2.24) is 4.98 Å². The van der Waals surface area contributed by atoms with E-state index in [1.807, 2.05) is 18.2 Å². The Morgan fingerprint density at radius 3 is 2.72 bits per heavy atom. The van der Waals surface area contributed by atoms with E-state index >= 15 is 0 Å². The normalized spacial score (nSPS) is 10.3. The molecule has 3 aromatic rings. The molecule has 0 saturated heterocycles. The molecule has 2 aromatic carbocycles. The molecule has 86 valence electrons. The number of halogens is 1. The van der Waals surface area contributed by atoms with Gasteiger partial charge in [-0.1, -0.05) is 40.2 Å². The molecule has 18 heavy (non-hydrogen) atoms. The molecule has 3 rings (SSSR count). The van der Waals surface area contributed by atoms with E-state index in [-0.39, 0.29) is 31.0 Å². The number of rotatable bonds is 1. The van der Waals surface area contributed by atoms with Crippen molar-refractivity contribution in [1.29, 1.82) is 0 Å². The number of methoxy groups -OCH3 is 1. The van der Waals surface area contributed by atoms with Gasteiger partial charge in [-0.2, -0.15) is 0 Å². The molecule has 2 nitrogen and oxygen atoms in total. The summed E-state index contributed by atoms with van der Waals surface area (Å²) in [4.78, 5) is 4.27. The van der Waals surface area contributed by atoms with E-state index in [4.69, 9.17) is 4.74 Å². The van der Waals surface area contributed by atoms with Crippen molar-refractivity contribution in [3.8, 4) is 5.88 Å². The zero-order valence-corrected chi connectivity index (χ0v) is 13.9. The van der Waals surface area contributed by atoms with Gasteiger partial charge in [0.2, 0.25) is 5.88 Å². The molecule has 0 spiro atoms. The molecule has 0 fully saturated rings. The van der Waals surface area contributed by atoms with Crippen LogP contribution in [0.2, 0.25) is 0 Å². The molecule has 0 aliphatic heterocycles. The maximum absolute atomic E-state index is 5.36. The number of aromatic nitrogens is 1. The molecule has 1 aromatic heterocycles. The Bertz CT molecular complexity index is 720. The summed E-state index contributed by atoms with van der Waals surface area (Å²) in [5.41, 5.74) is 0. The van der Waals surface area contributed by atoms with Gasteiger partial charge in [-0.15, -0.1) is 0 Å². The van der Waals surface area contributed by atoms with Crippen LogP contribution >= 0.6 is 15.9 Å². The van der Waals surface area contributed by atoms with E-state index in [1.165, 1.54) is 5.39 Å². The Labute approximate surface area is 137 Å². The summed E-state index contributed by atoms with van der Waals surface area (Å²) in [7, 11) is 1.65. The molecule has 0 aliphatic carbocycles. The van der Waals surface area contributed by atoms with Crippen LogP contribution in [0.25, 0.3) is 21.5 Å². The number of nitrogens with zero attached hydrogens (tertiary/aromatic N) is 1. The maximum atomic E-state index is 5.36. The van der Waals surface area contributed by atoms with Crippen LogP contribution in [0.4, 0.5) is 0 Å². The van der Waals surface area contributed by atoms with Crippen molar-refractivity contribution < 1.29 is 35.7 Å². The van der Waals surface area contributed by atoms with Gasteiger partial charge in [-0.25, -0.2) is 4.98 Å². The number of hydrogen-bond acceptors (Lipinski definition) is 2. The summed E-state index contributed by atoms with van der Waals surface area (Å²) in [6.07, 6.45) is 1.76. The van der Waals surface area contributed by atoms with Gasteiger partial charge in [-0.05, 0) is 22.9 Å². The van der Waals surface area contributed by atoms with E-state index in [1.54, 1.807) is 13.3 Å². The van der Waals surface area contributed by atoms with Crippen LogP contribution in [0.3, 0.4) is 0 Å². The van der Waals surface area contributed by atoms with Crippen LogP contribution < -0.4 is 34.3 Å². The second kappa shape index (κ2) is 5.57. The molecule has 0 bridgehead atoms. The van der Waals surface area contributed by atoms with Crippen LogP contribution in [-0.4, -0.2) is 12.1 Å². The molecule has 4 heteroatoms. The maximum Gasteiger partial charge on any atom is 1.00 e. The van der Waals surface area contributed by atoms with Crippen molar-refractivity contribution in [3.05, 3.63) is 47.1 Å². The van der Waals surface area contributed by atoms with Gasteiger partial charge in [0.1, 0.15) is 0 Å². The van der Waals surface area contributed by atoms with E-state index in [2.05, 4.69) is 39.1 Å². The monoisotopic (exact) mass is 311 g/mol. The SMILES string of the molecule is COc1nccc2c(Br)cc3ccccc3c12.[H-].[Na+]. The third-order valence-electron chi connectivity index (χ3n) is 2.88. The van der Waals surface area contributed by atoms with Gasteiger partial charge in [0.05, 0.1) is 12.5 Å². The van der Waals surface area contributed by atoms with Gasteiger partial charge in [0.25, 0.3) is 0 Å². The van der Waals surface area contributed by atoms with Crippen molar-refractivity contribution in [2.75, 3.05) is 7.11 Å². The van der Waals surface area contributed by atoms with E-state index in [9.17, 15) is 0 Å². The minimum atomic E-state index is 0.